The summed E-state index contributed by atoms with van der Waals surface area (Å²) in [6, 6.07) is -0.0360. The third-order valence-electron chi connectivity index (χ3n) is 3.76. The normalized spacial score (nSPS) is 21.0. The van der Waals surface area contributed by atoms with Crippen molar-refractivity contribution in [2.24, 2.45) is 5.41 Å². The molecule has 1 aliphatic heterocycles. The van der Waals surface area contributed by atoms with Gasteiger partial charge in [0, 0.05) is 12.6 Å². The molecular formula is C13H17N3O5. The molecular weight excluding hydrogens is 278 g/mol. The number of carbonyl (C=O) groups is 2. The predicted molar refractivity (Wildman–Crippen MR) is 73.2 cm³/mol. The topological polar surface area (TPSA) is 123 Å². The number of piperidine rings is 1. The van der Waals surface area contributed by atoms with Crippen LogP contribution in [0.2, 0.25) is 0 Å². The Morgan fingerprint density at radius 2 is 2.00 bits per heavy atom. The van der Waals surface area contributed by atoms with Gasteiger partial charge in [0.25, 0.3) is 11.5 Å². The molecule has 1 aromatic rings. The van der Waals surface area contributed by atoms with Gasteiger partial charge in [-0.3, -0.25) is 14.6 Å². The van der Waals surface area contributed by atoms with Crippen LogP contribution >= 0.6 is 0 Å². The molecule has 8 nitrogen and oxygen atoms in total. The van der Waals surface area contributed by atoms with Crippen molar-refractivity contribution in [1.29, 1.82) is 0 Å². The van der Waals surface area contributed by atoms with Crippen molar-refractivity contribution < 1.29 is 14.7 Å². The third-order valence-corrected chi connectivity index (χ3v) is 3.76. The average Bonchev–Trinajstić information content (AvgIpc) is 2.34. The van der Waals surface area contributed by atoms with Gasteiger partial charge in [0.05, 0.1) is 0 Å². The number of H-pyrrole nitrogens is 2. The second-order valence-electron chi connectivity index (χ2n) is 5.83. The molecule has 0 aliphatic carbocycles. The first-order valence-corrected chi connectivity index (χ1v) is 6.60. The zero-order valence-corrected chi connectivity index (χ0v) is 11.8. The fourth-order valence-electron chi connectivity index (χ4n) is 2.82. The van der Waals surface area contributed by atoms with Gasteiger partial charge in [-0.05, 0) is 18.3 Å². The average molecular weight is 295 g/mol. The molecule has 8 heteroatoms. The highest BCUT2D eigenvalue weighted by Gasteiger charge is 2.44. The summed E-state index contributed by atoms with van der Waals surface area (Å²) < 4.78 is 0. The summed E-state index contributed by atoms with van der Waals surface area (Å²) in [6.45, 7) is 3.84. The van der Waals surface area contributed by atoms with Crippen molar-refractivity contribution in [3.8, 4) is 0 Å². The molecule has 1 aromatic heterocycles. The monoisotopic (exact) mass is 295 g/mol. The van der Waals surface area contributed by atoms with Crippen LogP contribution in [0.15, 0.2) is 15.7 Å². The Morgan fingerprint density at radius 1 is 1.33 bits per heavy atom. The predicted octanol–water partition coefficient (Wildman–Crippen LogP) is -0.221. The Morgan fingerprint density at radius 3 is 2.57 bits per heavy atom. The number of aromatic nitrogens is 2. The molecule has 0 radical (unpaired) electrons. The Hall–Kier alpha value is -2.38. The van der Waals surface area contributed by atoms with Crippen LogP contribution in [0, 0.1) is 5.41 Å². The summed E-state index contributed by atoms with van der Waals surface area (Å²) in [6.07, 6.45) is 1.34. The number of carbonyl (C=O) groups excluding carboxylic acids is 1. The second kappa shape index (κ2) is 5.19. The van der Waals surface area contributed by atoms with Crippen LogP contribution in [0.1, 0.15) is 37.2 Å². The van der Waals surface area contributed by atoms with E-state index in [0.29, 0.717) is 12.8 Å². The lowest BCUT2D eigenvalue weighted by Crippen LogP contribution is -2.56. The summed E-state index contributed by atoms with van der Waals surface area (Å²) in [4.78, 5) is 51.9. The van der Waals surface area contributed by atoms with Crippen molar-refractivity contribution in [2.45, 2.75) is 32.7 Å². The van der Waals surface area contributed by atoms with E-state index in [4.69, 9.17) is 0 Å². The molecule has 0 saturated carbocycles. The van der Waals surface area contributed by atoms with E-state index in [9.17, 15) is 24.3 Å². The number of nitrogens with zero attached hydrogens (tertiary/aromatic N) is 1. The van der Waals surface area contributed by atoms with Gasteiger partial charge in [0.2, 0.25) is 0 Å². The van der Waals surface area contributed by atoms with Crippen LogP contribution in [-0.4, -0.2) is 44.4 Å². The minimum Gasteiger partial charge on any atom is -0.480 e. The molecule has 3 N–H and O–H groups in total. The highest BCUT2D eigenvalue weighted by molar-refractivity contribution is 5.95. The number of carboxylic acids is 1. The van der Waals surface area contributed by atoms with Crippen LogP contribution < -0.4 is 11.2 Å². The van der Waals surface area contributed by atoms with Crippen LogP contribution in [0.25, 0.3) is 0 Å². The number of aliphatic carboxylic acids is 1. The van der Waals surface area contributed by atoms with Crippen LogP contribution in [-0.2, 0) is 4.79 Å². The van der Waals surface area contributed by atoms with Crippen molar-refractivity contribution >= 4 is 11.9 Å². The molecule has 1 unspecified atom stereocenters. The molecule has 0 spiro atoms. The molecule has 114 valence electrons. The molecule has 1 fully saturated rings. The first-order chi connectivity index (χ1) is 9.72. The lowest BCUT2D eigenvalue weighted by molar-refractivity contribution is -0.148. The van der Waals surface area contributed by atoms with Crippen LogP contribution in [0.3, 0.4) is 0 Å². The molecule has 2 heterocycles. The number of likely N-dealkylation sites (tertiary alicyclic amines) is 1. The van der Waals surface area contributed by atoms with Crippen LogP contribution in [0.5, 0.6) is 0 Å². The number of nitrogens with one attached hydrogen (secondary N) is 2. The molecule has 1 amide bonds. The molecule has 1 saturated heterocycles. The van der Waals surface area contributed by atoms with Crippen molar-refractivity contribution in [3.05, 3.63) is 32.6 Å². The summed E-state index contributed by atoms with van der Waals surface area (Å²) in [5.74, 6) is -1.75. The minimum atomic E-state index is -1.10. The van der Waals surface area contributed by atoms with Gasteiger partial charge in [-0.2, -0.15) is 0 Å². The van der Waals surface area contributed by atoms with E-state index in [1.54, 1.807) is 13.8 Å². The van der Waals surface area contributed by atoms with Gasteiger partial charge < -0.3 is 15.0 Å². The van der Waals surface area contributed by atoms with Gasteiger partial charge in [-0.15, -0.1) is 0 Å². The Balaban J connectivity index is 2.43. The van der Waals surface area contributed by atoms with Crippen molar-refractivity contribution in [3.63, 3.8) is 0 Å². The van der Waals surface area contributed by atoms with E-state index < -0.39 is 34.6 Å². The molecule has 1 aliphatic rings. The van der Waals surface area contributed by atoms with E-state index in [1.165, 1.54) is 4.90 Å². The lowest BCUT2D eigenvalue weighted by Gasteiger charge is -2.43. The number of amides is 1. The SMILES string of the molecule is CC1(C)CCCN(C(=O)c2cc(=O)[nH]c(=O)[nH]2)C1C(=O)O. The summed E-state index contributed by atoms with van der Waals surface area (Å²) in [5, 5.41) is 9.42. The van der Waals surface area contributed by atoms with Gasteiger partial charge in [0.1, 0.15) is 11.7 Å². The van der Waals surface area contributed by atoms with Gasteiger partial charge in [-0.1, -0.05) is 13.8 Å². The van der Waals surface area contributed by atoms with Gasteiger partial charge >= 0.3 is 11.7 Å². The standard InChI is InChI=1S/C13H17N3O5/c1-13(2)4-3-5-16(9(13)11(19)20)10(18)7-6-8(17)15-12(21)14-7/h6,9H,3-5H2,1-2H3,(H,19,20)(H2,14,15,17,21). The Bertz CT molecular complexity index is 659. The van der Waals surface area contributed by atoms with Gasteiger partial charge in [-0.25, -0.2) is 9.59 Å². The largest absolute Gasteiger partial charge is 0.480 e. The fraction of sp³-hybridized carbons (Fsp3) is 0.538. The number of rotatable bonds is 2. The number of hydrogen-bond donors (Lipinski definition) is 3. The molecule has 0 aromatic carbocycles. The Labute approximate surface area is 119 Å². The third kappa shape index (κ3) is 2.88. The van der Waals surface area contributed by atoms with E-state index in [2.05, 4.69) is 4.98 Å². The zero-order chi connectivity index (χ0) is 15.8. The molecule has 21 heavy (non-hydrogen) atoms. The first-order valence-electron chi connectivity index (χ1n) is 6.60. The first kappa shape index (κ1) is 15.0. The van der Waals surface area contributed by atoms with E-state index in [1.807, 2.05) is 4.98 Å². The second-order valence-corrected chi connectivity index (χ2v) is 5.83. The maximum Gasteiger partial charge on any atom is 0.326 e. The maximum atomic E-state index is 12.4. The quantitative estimate of drug-likeness (QED) is 0.696. The van der Waals surface area contributed by atoms with Gasteiger partial charge in [0.15, 0.2) is 0 Å². The molecule has 1 atom stereocenters. The van der Waals surface area contributed by atoms with E-state index >= 15 is 0 Å². The Kier molecular flexibility index (Phi) is 3.71. The van der Waals surface area contributed by atoms with E-state index in [-0.39, 0.29) is 12.2 Å². The maximum absolute atomic E-state index is 12.4. The van der Waals surface area contributed by atoms with E-state index in [0.717, 1.165) is 6.07 Å². The summed E-state index contributed by atoms with van der Waals surface area (Å²) >= 11 is 0. The van der Waals surface area contributed by atoms with Crippen LogP contribution in [0.4, 0.5) is 0 Å². The molecule has 2 rings (SSSR count). The van der Waals surface area contributed by atoms with Crippen molar-refractivity contribution in [1.82, 2.24) is 14.9 Å². The lowest BCUT2D eigenvalue weighted by atomic mass is 9.76. The highest BCUT2D eigenvalue weighted by atomic mass is 16.4. The molecule has 0 bridgehead atoms. The fourth-order valence-corrected chi connectivity index (χ4v) is 2.82. The minimum absolute atomic E-state index is 0.201. The summed E-state index contributed by atoms with van der Waals surface area (Å²) in [7, 11) is 0. The summed E-state index contributed by atoms with van der Waals surface area (Å²) in [5.41, 5.74) is -2.28. The smallest absolute Gasteiger partial charge is 0.326 e. The highest BCUT2D eigenvalue weighted by Crippen LogP contribution is 2.35. The number of carboxylic acid groups (broad SMARTS) is 1. The number of hydrogen-bond acceptors (Lipinski definition) is 4. The zero-order valence-electron chi connectivity index (χ0n) is 11.8. The van der Waals surface area contributed by atoms with Crippen molar-refractivity contribution in [2.75, 3.05) is 6.54 Å². The number of aromatic amines is 2.